The number of rotatable bonds is 2. The summed E-state index contributed by atoms with van der Waals surface area (Å²) in [5.74, 6) is 1.38. The average Bonchev–Trinajstić information content (AvgIpc) is 2.86. The van der Waals surface area contributed by atoms with Crippen LogP contribution in [0.1, 0.15) is 49.7 Å². The van der Waals surface area contributed by atoms with E-state index in [0.717, 1.165) is 10.5 Å². The summed E-state index contributed by atoms with van der Waals surface area (Å²) in [5, 5.41) is 0. The molecule has 13 heavy (non-hydrogen) atoms. The van der Waals surface area contributed by atoms with Gasteiger partial charge in [0.15, 0.2) is 0 Å². The first-order chi connectivity index (χ1) is 6.20. The van der Waals surface area contributed by atoms with Crippen LogP contribution in [0.5, 0.6) is 0 Å². The standard InChI is InChI=1S/C11H14BrN/c1-7(2)9-5-6-13-11(12)10(9)8-3-4-8/h5-8H,3-4H2,1-2H3. The monoisotopic (exact) mass is 239 g/mol. The molecular formula is C11H14BrN. The Morgan fingerprint density at radius 1 is 1.46 bits per heavy atom. The summed E-state index contributed by atoms with van der Waals surface area (Å²) >= 11 is 3.54. The van der Waals surface area contributed by atoms with E-state index in [4.69, 9.17) is 0 Å². The first-order valence-corrected chi connectivity index (χ1v) is 5.63. The maximum atomic E-state index is 4.30. The third-order valence-electron chi connectivity index (χ3n) is 2.58. The summed E-state index contributed by atoms with van der Waals surface area (Å²) < 4.78 is 1.06. The van der Waals surface area contributed by atoms with Crippen molar-refractivity contribution in [2.24, 2.45) is 0 Å². The van der Waals surface area contributed by atoms with E-state index in [1.165, 1.54) is 24.0 Å². The Kier molecular flexibility index (Phi) is 2.41. The number of aromatic nitrogens is 1. The zero-order valence-electron chi connectivity index (χ0n) is 8.05. The molecular weight excluding hydrogens is 226 g/mol. The van der Waals surface area contributed by atoms with Gasteiger partial charge in [0.1, 0.15) is 4.60 Å². The largest absolute Gasteiger partial charge is 0.249 e. The van der Waals surface area contributed by atoms with Crippen LogP contribution < -0.4 is 0 Å². The van der Waals surface area contributed by atoms with Crippen molar-refractivity contribution in [1.82, 2.24) is 4.98 Å². The van der Waals surface area contributed by atoms with Crippen molar-refractivity contribution in [2.75, 3.05) is 0 Å². The Bertz CT molecular complexity index is 316. The van der Waals surface area contributed by atoms with Crippen LogP contribution in [-0.2, 0) is 0 Å². The third-order valence-corrected chi connectivity index (χ3v) is 3.21. The van der Waals surface area contributed by atoms with Gasteiger partial charge in [0.25, 0.3) is 0 Å². The van der Waals surface area contributed by atoms with Gasteiger partial charge in [-0.3, -0.25) is 0 Å². The van der Waals surface area contributed by atoms with Crippen LogP contribution in [0.3, 0.4) is 0 Å². The van der Waals surface area contributed by atoms with Gasteiger partial charge in [-0.2, -0.15) is 0 Å². The minimum atomic E-state index is 0.606. The van der Waals surface area contributed by atoms with Gasteiger partial charge < -0.3 is 0 Å². The van der Waals surface area contributed by atoms with E-state index in [2.05, 4.69) is 40.8 Å². The van der Waals surface area contributed by atoms with Crippen molar-refractivity contribution in [3.05, 3.63) is 28.0 Å². The number of hydrogen-bond acceptors (Lipinski definition) is 1. The molecule has 1 nitrogen and oxygen atoms in total. The molecule has 1 aromatic rings. The Morgan fingerprint density at radius 3 is 2.69 bits per heavy atom. The predicted octanol–water partition coefficient (Wildman–Crippen LogP) is 3.84. The molecule has 0 radical (unpaired) electrons. The van der Waals surface area contributed by atoms with Crippen molar-refractivity contribution < 1.29 is 0 Å². The smallest absolute Gasteiger partial charge is 0.109 e. The highest BCUT2D eigenvalue weighted by Crippen LogP contribution is 2.45. The maximum absolute atomic E-state index is 4.30. The molecule has 1 aliphatic rings. The molecule has 1 aliphatic carbocycles. The molecule has 0 atom stereocenters. The molecule has 2 heteroatoms. The molecule has 1 aromatic heterocycles. The lowest BCUT2D eigenvalue weighted by molar-refractivity contribution is 0.831. The number of hydrogen-bond donors (Lipinski definition) is 0. The molecule has 70 valence electrons. The van der Waals surface area contributed by atoms with Crippen LogP contribution >= 0.6 is 15.9 Å². The van der Waals surface area contributed by atoms with Gasteiger partial charge in [-0.15, -0.1) is 0 Å². The van der Waals surface area contributed by atoms with Gasteiger partial charge in [0.05, 0.1) is 0 Å². The quantitative estimate of drug-likeness (QED) is 0.715. The molecule has 0 N–H and O–H groups in total. The molecule has 0 bridgehead atoms. The second kappa shape index (κ2) is 3.41. The summed E-state index contributed by atoms with van der Waals surface area (Å²) in [7, 11) is 0. The molecule has 0 saturated heterocycles. The fourth-order valence-corrected chi connectivity index (χ4v) is 2.41. The maximum Gasteiger partial charge on any atom is 0.109 e. The molecule has 1 heterocycles. The first-order valence-electron chi connectivity index (χ1n) is 4.84. The summed E-state index contributed by atoms with van der Waals surface area (Å²) in [6.45, 7) is 4.49. The lowest BCUT2D eigenvalue weighted by atomic mass is 9.97. The minimum Gasteiger partial charge on any atom is -0.249 e. The van der Waals surface area contributed by atoms with E-state index in [1.54, 1.807) is 0 Å². The summed E-state index contributed by atoms with van der Waals surface area (Å²) in [4.78, 5) is 4.30. The topological polar surface area (TPSA) is 12.9 Å². The molecule has 0 aromatic carbocycles. The van der Waals surface area contributed by atoms with E-state index in [0.29, 0.717) is 5.92 Å². The van der Waals surface area contributed by atoms with Crippen LogP contribution in [0.15, 0.2) is 16.9 Å². The first kappa shape index (κ1) is 9.20. The van der Waals surface area contributed by atoms with E-state index in [9.17, 15) is 0 Å². The van der Waals surface area contributed by atoms with Crippen molar-refractivity contribution >= 4 is 15.9 Å². The van der Waals surface area contributed by atoms with Gasteiger partial charge in [-0.25, -0.2) is 4.98 Å². The molecule has 0 unspecified atom stereocenters. The van der Waals surface area contributed by atoms with Crippen molar-refractivity contribution in [2.45, 2.75) is 38.5 Å². The van der Waals surface area contributed by atoms with Crippen molar-refractivity contribution in [1.29, 1.82) is 0 Å². The van der Waals surface area contributed by atoms with Crippen LogP contribution in [0.2, 0.25) is 0 Å². The van der Waals surface area contributed by atoms with Gasteiger partial charge in [0.2, 0.25) is 0 Å². The van der Waals surface area contributed by atoms with Gasteiger partial charge in [-0.1, -0.05) is 13.8 Å². The Hall–Kier alpha value is -0.370. The number of pyridine rings is 1. The highest BCUT2D eigenvalue weighted by atomic mass is 79.9. The lowest BCUT2D eigenvalue weighted by Gasteiger charge is -2.12. The SMILES string of the molecule is CC(C)c1ccnc(Br)c1C1CC1. The van der Waals surface area contributed by atoms with Crippen LogP contribution in [0.25, 0.3) is 0 Å². The van der Waals surface area contributed by atoms with Crippen LogP contribution in [0, 0.1) is 0 Å². The zero-order valence-corrected chi connectivity index (χ0v) is 9.63. The summed E-state index contributed by atoms with van der Waals surface area (Å²) in [6.07, 6.45) is 4.57. The Labute approximate surface area is 87.7 Å². The van der Waals surface area contributed by atoms with E-state index in [1.807, 2.05) is 6.20 Å². The fraction of sp³-hybridized carbons (Fsp3) is 0.545. The predicted molar refractivity (Wildman–Crippen MR) is 58.0 cm³/mol. The van der Waals surface area contributed by atoms with Crippen molar-refractivity contribution in [3.63, 3.8) is 0 Å². The zero-order chi connectivity index (χ0) is 9.42. The molecule has 0 spiro atoms. The van der Waals surface area contributed by atoms with Gasteiger partial charge >= 0.3 is 0 Å². The van der Waals surface area contributed by atoms with Crippen molar-refractivity contribution in [3.8, 4) is 0 Å². The Balaban J connectivity index is 2.47. The number of nitrogens with zero attached hydrogens (tertiary/aromatic N) is 1. The Morgan fingerprint density at radius 2 is 2.15 bits per heavy atom. The second-order valence-corrected chi connectivity index (χ2v) is 4.78. The summed E-state index contributed by atoms with van der Waals surface area (Å²) in [5.41, 5.74) is 2.92. The normalized spacial score (nSPS) is 16.6. The van der Waals surface area contributed by atoms with Gasteiger partial charge in [-0.05, 0) is 57.8 Å². The van der Waals surface area contributed by atoms with Crippen LogP contribution in [0.4, 0.5) is 0 Å². The molecule has 1 saturated carbocycles. The highest BCUT2D eigenvalue weighted by molar-refractivity contribution is 9.10. The van der Waals surface area contributed by atoms with Gasteiger partial charge in [0, 0.05) is 6.20 Å². The molecule has 2 rings (SSSR count). The second-order valence-electron chi connectivity index (χ2n) is 4.03. The number of halogens is 1. The molecule has 1 fully saturated rings. The highest BCUT2D eigenvalue weighted by Gasteiger charge is 2.29. The van der Waals surface area contributed by atoms with E-state index >= 15 is 0 Å². The average molecular weight is 240 g/mol. The summed E-state index contributed by atoms with van der Waals surface area (Å²) in [6, 6.07) is 2.16. The van der Waals surface area contributed by atoms with E-state index in [-0.39, 0.29) is 0 Å². The third kappa shape index (κ3) is 1.78. The lowest BCUT2D eigenvalue weighted by Crippen LogP contribution is -1.97. The van der Waals surface area contributed by atoms with Crippen LogP contribution in [-0.4, -0.2) is 4.98 Å². The molecule has 0 amide bonds. The minimum absolute atomic E-state index is 0.606. The fourth-order valence-electron chi connectivity index (χ4n) is 1.74. The molecule has 0 aliphatic heterocycles. The van der Waals surface area contributed by atoms with E-state index < -0.39 is 0 Å².